The van der Waals surface area contributed by atoms with Crippen LogP contribution in [-0.4, -0.2) is 35.1 Å². The van der Waals surface area contributed by atoms with E-state index in [2.05, 4.69) is 39.6 Å². The molecule has 1 N–H and O–H groups in total. The molecule has 0 atom stereocenters. The third-order valence-electron chi connectivity index (χ3n) is 5.30. The fourth-order valence-corrected chi connectivity index (χ4v) is 5.22. The van der Waals surface area contributed by atoms with Crippen LogP contribution in [0.1, 0.15) is 34.5 Å². The lowest BCUT2D eigenvalue weighted by molar-refractivity contribution is 0.0694. The van der Waals surface area contributed by atoms with E-state index in [0.29, 0.717) is 18.9 Å². The highest BCUT2D eigenvalue weighted by molar-refractivity contribution is 7.17. The van der Waals surface area contributed by atoms with E-state index in [-0.39, 0.29) is 11.9 Å². The summed E-state index contributed by atoms with van der Waals surface area (Å²) < 4.78 is 6.52. The lowest BCUT2D eigenvalue weighted by atomic mass is 10.0. The van der Waals surface area contributed by atoms with Crippen LogP contribution in [0, 0.1) is 0 Å². The van der Waals surface area contributed by atoms with Crippen molar-refractivity contribution < 1.29 is 9.53 Å². The lowest BCUT2D eigenvalue weighted by Crippen LogP contribution is -2.39. The molecule has 4 heterocycles. The summed E-state index contributed by atoms with van der Waals surface area (Å²) in [6, 6.07) is 12.6. The number of benzene rings is 1. The molecular weight excluding hydrogens is 414 g/mol. The molecule has 0 aliphatic carbocycles. The summed E-state index contributed by atoms with van der Waals surface area (Å²) in [5.41, 5.74) is 4.83. The molecule has 30 heavy (non-hydrogen) atoms. The van der Waals surface area contributed by atoms with Gasteiger partial charge in [-0.05, 0) is 47.9 Å². The van der Waals surface area contributed by atoms with Gasteiger partial charge in [0.1, 0.15) is 10.7 Å². The molecule has 5 nitrogen and oxygen atoms in total. The summed E-state index contributed by atoms with van der Waals surface area (Å²) in [5.74, 6) is -0.102. The fourth-order valence-electron chi connectivity index (χ4n) is 3.72. The first-order valence-electron chi connectivity index (χ1n) is 10.0. The Labute approximate surface area is 182 Å². The molecule has 0 bridgehead atoms. The number of aromatic nitrogens is 2. The minimum Gasteiger partial charge on any atom is -0.381 e. The normalized spacial score (nSPS) is 14.8. The minimum atomic E-state index is -0.102. The molecule has 0 unspecified atom stereocenters. The highest BCUT2D eigenvalue weighted by Crippen LogP contribution is 2.28. The maximum absolute atomic E-state index is 12.8. The molecule has 3 aromatic heterocycles. The second-order valence-electron chi connectivity index (χ2n) is 7.37. The summed E-state index contributed by atoms with van der Waals surface area (Å²) >= 11 is 3.31. The monoisotopic (exact) mass is 435 g/mol. The van der Waals surface area contributed by atoms with Crippen molar-refractivity contribution in [2.45, 2.75) is 25.3 Å². The van der Waals surface area contributed by atoms with Crippen LogP contribution in [0.2, 0.25) is 0 Å². The minimum absolute atomic E-state index is 0.102. The van der Waals surface area contributed by atoms with E-state index in [1.54, 1.807) is 22.7 Å². The number of carbonyl (C=O) groups excluding carboxylic acids is 1. The molecule has 7 heteroatoms. The van der Waals surface area contributed by atoms with Crippen molar-refractivity contribution in [1.82, 2.24) is 15.3 Å². The molecule has 1 aliphatic rings. The zero-order chi connectivity index (χ0) is 20.3. The number of hydrogen-bond acceptors (Lipinski definition) is 6. The van der Waals surface area contributed by atoms with Crippen LogP contribution < -0.4 is 5.32 Å². The van der Waals surface area contributed by atoms with Gasteiger partial charge in [-0.1, -0.05) is 24.3 Å². The summed E-state index contributed by atoms with van der Waals surface area (Å²) in [4.78, 5) is 21.8. The quantitative estimate of drug-likeness (QED) is 0.483. The van der Waals surface area contributed by atoms with E-state index in [1.165, 1.54) is 5.56 Å². The maximum atomic E-state index is 12.8. The highest BCUT2D eigenvalue weighted by Gasteiger charge is 2.19. The Balaban J connectivity index is 1.39. The van der Waals surface area contributed by atoms with Crippen LogP contribution in [0.5, 0.6) is 0 Å². The second kappa shape index (κ2) is 8.63. The standard InChI is InChI=1S/C23H21N3O2S2/c27-22(25-18-5-9-28-10-6-18)20-14-17(21-19(26-20)7-11-29-21)13-15-1-3-16(4-2-15)23-24-8-12-30-23/h1-4,7-8,11-12,14,18H,5-6,9-10,13H2,(H,25,27). The Bertz CT molecular complexity index is 1150. The number of rotatable bonds is 5. The van der Waals surface area contributed by atoms with Gasteiger partial charge in [0.15, 0.2) is 0 Å². The van der Waals surface area contributed by atoms with Crippen LogP contribution >= 0.6 is 22.7 Å². The number of nitrogens with one attached hydrogen (secondary N) is 1. The number of carbonyl (C=O) groups is 1. The van der Waals surface area contributed by atoms with Crippen molar-refractivity contribution in [3.63, 3.8) is 0 Å². The summed E-state index contributed by atoms with van der Waals surface area (Å²) in [7, 11) is 0. The van der Waals surface area contributed by atoms with Gasteiger partial charge in [0.25, 0.3) is 5.91 Å². The predicted octanol–water partition coefficient (Wildman–Crippen LogP) is 4.92. The molecule has 0 spiro atoms. The van der Waals surface area contributed by atoms with Gasteiger partial charge < -0.3 is 10.1 Å². The number of thiazole rings is 1. The van der Waals surface area contributed by atoms with Crippen molar-refractivity contribution >= 4 is 38.8 Å². The van der Waals surface area contributed by atoms with Gasteiger partial charge in [-0.2, -0.15) is 0 Å². The van der Waals surface area contributed by atoms with Crippen molar-refractivity contribution in [3.05, 3.63) is 70.2 Å². The van der Waals surface area contributed by atoms with Crippen LogP contribution in [0.3, 0.4) is 0 Å². The van der Waals surface area contributed by atoms with Gasteiger partial charge in [0.05, 0.1) is 10.2 Å². The summed E-state index contributed by atoms with van der Waals surface area (Å²) in [6.07, 6.45) is 4.29. The van der Waals surface area contributed by atoms with Gasteiger partial charge in [-0.25, -0.2) is 9.97 Å². The van der Waals surface area contributed by atoms with Gasteiger partial charge in [0.2, 0.25) is 0 Å². The van der Waals surface area contributed by atoms with Gasteiger partial charge >= 0.3 is 0 Å². The first-order chi connectivity index (χ1) is 14.8. The number of nitrogens with zero attached hydrogens (tertiary/aromatic N) is 2. The number of fused-ring (bicyclic) bond motifs is 1. The maximum Gasteiger partial charge on any atom is 0.270 e. The molecule has 4 aromatic rings. The number of hydrogen-bond donors (Lipinski definition) is 1. The number of ether oxygens (including phenoxy) is 1. The average molecular weight is 436 g/mol. The Kier molecular flexibility index (Phi) is 5.57. The Morgan fingerprint density at radius 1 is 1.10 bits per heavy atom. The van der Waals surface area contributed by atoms with E-state index in [9.17, 15) is 4.79 Å². The smallest absolute Gasteiger partial charge is 0.270 e. The second-order valence-corrected chi connectivity index (χ2v) is 9.18. The summed E-state index contributed by atoms with van der Waals surface area (Å²) in [5, 5.41) is 8.17. The molecular formula is C23H21N3O2S2. The number of thiophene rings is 1. The summed E-state index contributed by atoms with van der Waals surface area (Å²) in [6.45, 7) is 1.40. The fraction of sp³-hybridized carbons (Fsp3) is 0.261. The Morgan fingerprint density at radius 2 is 1.93 bits per heavy atom. The highest BCUT2D eigenvalue weighted by atomic mass is 32.1. The topological polar surface area (TPSA) is 64.1 Å². The van der Waals surface area contributed by atoms with E-state index >= 15 is 0 Å². The van der Waals surface area contributed by atoms with Crippen LogP contribution in [0.4, 0.5) is 0 Å². The van der Waals surface area contributed by atoms with Gasteiger partial charge in [0, 0.05) is 36.4 Å². The third-order valence-corrected chi connectivity index (χ3v) is 7.11. The molecule has 152 valence electrons. The Hall–Kier alpha value is -2.61. The molecule has 1 amide bonds. The Morgan fingerprint density at radius 3 is 2.70 bits per heavy atom. The number of amides is 1. The van der Waals surface area contributed by atoms with E-state index < -0.39 is 0 Å². The zero-order valence-corrected chi connectivity index (χ0v) is 18.0. The van der Waals surface area contributed by atoms with E-state index in [1.807, 2.05) is 29.1 Å². The van der Waals surface area contributed by atoms with Crippen molar-refractivity contribution in [2.75, 3.05) is 13.2 Å². The van der Waals surface area contributed by atoms with Gasteiger partial charge in [-0.3, -0.25) is 4.79 Å². The SMILES string of the molecule is O=C(NC1CCOCC1)c1cc(Cc2ccc(-c3nccs3)cc2)c2sccc2n1. The zero-order valence-electron chi connectivity index (χ0n) is 16.3. The van der Waals surface area contributed by atoms with Crippen LogP contribution in [0.15, 0.2) is 53.4 Å². The van der Waals surface area contributed by atoms with Crippen molar-refractivity contribution in [3.8, 4) is 10.6 Å². The predicted molar refractivity (Wildman–Crippen MR) is 121 cm³/mol. The lowest BCUT2D eigenvalue weighted by Gasteiger charge is -2.23. The third kappa shape index (κ3) is 4.14. The molecule has 1 aliphatic heterocycles. The molecule has 1 aromatic carbocycles. The molecule has 5 rings (SSSR count). The van der Waals surface area contributed by atoms with E-state index in [4.69, 9.17) is 4.74 Å². The van der Waals surface area contributed by atoms with Crippen molar-refractivity contribution in [2.24, 2.45) is 0 Å². The van der Waals surface area contributed by atoms with Crippen molar-refractivity contribution in [1.29, 1.82) is 0 Å². The average Bonchev–Trinajstić information content (AvgIpc) is 3.47. The van der Waals surface area contributed by atoms with Gasteiger partial charge in [-0.15, -0.1) is 22.7 Å². The first kappa shape index (κ1) is 19.4. The first-order valence-corrected chi connectivity index (χ1v) is 11.8. The van der Waals surface area contributed by atoms with Crippen LogP contribution in [-0.2, 0) is 11.2 Å². The molecule has 0 saturated carbocycles. The largest absolute Gasteiger partial charge is 0.381 e. The van der Waals surface area contributed by atoms with Crippen LogP contribution in [0.25, 0.3) is 20.8 Å². The molecule has 0 radical (unpaired) electrons. The molecule has 1 fully saturated rings. The molecule has 1 saturated heterocycles. The van der Waals surface area contributed by atoms with E-state index in [0.717, 1.165) is 45.6 Å². The number of pyridine rings is 1.